The van der Waals surface area contributed by atoms with E-state index in [1.807, 2.05) is 19.1 Å². The number of hydrogen-bond donors (Lipinski definition) is 1. The number of nitrogens with one attached hydrogen (secondary N) is 1. The zero-order valence-corrected chi connectivity index (χ0v) is 14.0. The van der Waals surface area contributed by atoms with E-state index in [9.17, 15) is 4.79 Å². The average molecular weight is 332 g/mol. The zero-order valence-electron chi connectivity index (χ0n) is 13.2. The maximum absolute atomic E-state index is 12.2. The lowest BCUT2D eigenvalue weighted by atomic mass is 10.1. The van der Waals surface area contributed by atoms with Crippen molar-refractivity contribution in [3.8, 4) is 11.5 Å². The van der Waals surface area contributed by atoms with Crippen molar-refractivity contribution in [2.45, 2.75) is 6.92 Å². The highest BCUT2D eigenvalue weighted by molar-refractivity contribution is 6.30. The standard InChI is InChI=1S/C18H18ClNO3/c1-12(10-17(21)13-4-6-14(19)7-5-13)20-16-11-15(22-2)8-9-18(16)23-3/h4-11,20H,1-3H3/b12-10+. The van der Waals surface area contributed by atoms with Crippen LogP contribution < -0.4 is 14.8 Å². The molecule has 120 valence electrons. The smallest absolute Gasteiger partial charge is 0.187 e. The van der Waals surface area contributed by atoms with E-state index in [0.717, 1.165) is 5.69 Å². The highest BCUT2D eigenvalue weighted by atomic mass is 35.5. The first-order chi connectivity index (χ1) is 11.0. The molecule has 4 nitrogen and oxygen atoms in total. The van der Waals surface area contributed by atoms with Crippen LogP contribution in [0.4, 0.5) is 5.69 Å². The molecule has 0 aliphatic carbocycles. The molecule has 0 fully saturated rings. The summed E-state index contributed by atoms with van der Waals surface area (Å²) in [5, 5.41) is 3.76. The first kappa shape index (κ1) is 16.9. The molecule has 0 heterocycles. The minimum atomic E-state index is -0.103. The van der Waals surface area contributed by atoms with E-state index in [0.29, 0.717) is 27.8 Å². The van der Waals surface area contributed by atoms with Crippen molar-refractivity contribution in [2.24, 2.45) is 0 Å². The Kier molecular flexibility index (Phi) is 5.66. The van der Waals surface area contributed by atoms with Crippen LogP contribution in [0.1, 0.15) is 17.3 Å². The molecule has 0 unspecified atom stereocenters. The van der Waals surface area contributed by atoms with Crippen LogP contribution >= 0.6 is 11.6 Å². The third-order valence-corrected chi connectivity index (χ3v) is 3.47. The number of benzene rings is 2. The number of anilines is 1. The van der Waals surface area contributed by atoms with Crippen LogP contribution in [0.15, 0.2) is 54.2 Å². The molecule has 23 heavy (non-hydrogen) atoms. The van der Waals surface area contributed by atoms with Gasteiger partial charge < -0.3 is 14.8 Å². The van der Waals surface area contributed by atoms with Gasteiger partial charge in [-0.2, -0.15) is 0 Å². The number of ether oxygens (including phenoxy) is 2. The molecule has 0 atom stereocenters. The summed E-state index contributed by atoms with van der Waals surface area (Å²) in [5.74, 6) is 1.26. The lowest BCUT2D eigenvalue weighted by Gasteiger charge is -2.12. The quantitative estimate of drug-likeness (QED) is 0.623. The van der Waals surface area contributed by atoms with Gasteiger partial charge in [0, 0.05) is 28.4 Å². The first-order valence-corrected chi connectivity index (χ1v) is 7.38. The van der Waals surface area contributed by atoms with Crippen LogP contribution in [-0.2, 0) is 0 Å². The maximum Gasteiger partial charge on any atom is 0.187 e. The van der Waals surface area contributed by atoms with Crippen molar-refractivity contribution in [1.29, 1.82) is 0 Å². The van der Waals surface area contributed by atoms with Crippen molar-refractivity contribution >= 4 is 23.1 Å². The van der Waals surface area contributed by atoms with Crippen molar-refractivity contribution < 1.29 is 14.3 Å². The fraction of sp³-hybridized carbons (Fsp3) is 0.167. The molecule has 0 amide bonds. The number of methoxy groups -OCH3 is 2. The summed E-state index contributed by atoms with van der Waals surface area (Å²) in [4.78, 5) is 12.2. The minimum absolute atomic E-state index is 0.103. The van der Waals surface area contributed by atoms with Crippen LogP contribution in [-0.4, -0.2) is 20.0 Å². The molecule has 0 aromatic heterocycles. The molecule has 0 saturated carbocycles. The predicted molar refractivity (Wildman–Crippen MR) is 92.7 cm³/mol. The molecular formula is C18H18ClNO3. The van der Waals surface area contributed by atoms with Crippen LogP contribution in [0.25, 0.3) is 0 Å². The molecule has 0 saturated heterocycles. The van der Waals surface area contributed by atoms with E-state index in [4.69, 9.17) is 21.1 Å². The lowest BCUT2D eigenvalue weighted by Crippen LogP contribution is -2.03. The van der Waals surface area contributed by atoms with Crippen molar-refractivity contribution in [3.05, 3.63) is 64.8 Å². The molecule has 0 spiro atoms. The fourth-order valence-corrected chi connectivity index (χ4v) is 2.18. The predicted octanol–water partition coefficient (Wildman–Crippen LogP) is 4.56. The molecular weight excluding hydrogens is 314 g/mol. The maximum atomic E-state index is 12.2. The van der Waals surface area contributed by atoms with Crippen molar-refractivity contribution in [2.75, 3.05) is 19.5 Å². The molecule has 0 radical (unpaired) electrons. The van der Waals surface area contributed by atoms with Gasteiger partial charge in [0.05, 0.1) is 19.9 Å². The molecule has 0 aliphatic heterocycles. The minimum Gasteiger partial charge on any atom is -0.497 e. The average Bonchev–Trinajstić information content (AvgIpc) is 2.55. The Morgan fingerprint density at radius 1 is 1.09 bits per heavy atom. The van der Waals surface area contributed by atoms with Crippen molar-refractivity contribution in [1.82, 2.24) is 0 Å². The highest BCUT2D eigenvalue weighted by Gasteiger charge is 2.07. The van der Waals surface area contributed by atoms with E-state index < -0.39 is 0 Å². The van der Waals surface area contributed by atoms with Gasteiger partial charge in [-0.05, 0) is 43.3 Å². The number of allylic oxidation sites excluding steroid dienone is 2. The summed E-state index contributed by atoms with van der Waals surface area (Å²) in [5.41, 5.74) is 1.99. The summed E-state index contributed by atoms with van der Waals surface area (Å²) < 4.78 is 10.5. The zero-order chi connectivity index (χ0) is 16.8. The van der Waals surface area contributed by atoms with Gasteiger partial charge in [0.15, 0.2) is 5.78 Å². The fourth-order valence-electron chi connectivity index (χ4n) is 2.05. The van der Waals surface area contributed by atoms with Gasteiger partial charge in [-0.3, -0.25) is 4.79 Å². The lowest BCUT2D eigenvalue weighted by molar-refractivity contribution is 0.104. The van der Waals surface area contributed by atoms with Crippen molar-refractivity contribution in [3.63, 3.8) is 0 Å². The molecule has 0 bridgehead atoms. The Bertz CT molecular complexity index is 724. The largest absolute Gasteiger partial charge is 0.497 e. The van der Waals surface area contributed by atoms with E-state index >= 15 is 0 Å². The van der Waals surface area contributed by atoms with E-state index in [1.54, 1.807) is 44.6 Å². The monoisotopic (exact) mass is 331 g/mol. The van der Waals surface area contributed by atoms with Gasteiger partial charge in [0.2, 0.25) is 0 Å². The summed E-state index contributed by atoms with van der Waals surface area (Å²) in [6, 6.07) is 12.2. The number of halogens is 1. The van der Waals surface area contributed by atoms with E-state index in [2.05, 4.69) is 5.32 Å². The molecule has 0 aliphatic rings. The summed E-state index contributed by atoms with van der Waals surface area (Å²) in [6.45, 7) is 1.81. The van der Waals surface area contributed by atoms with Gasteiger partial charge in [0.1, 0.15) is 11.5 Å². The summed E-state index contributed by atoms with van der Waals surface area (Å²) >= 11 is 5.83. The SMILES string of the molecule is COc1ccc(OC)c(N/C(C)=C/C(=O)c2ccc(Cl)cc2)c1. The molecule has 1 N–H and O–H groups in total. The Morgan fingerprint density at radius 3 is 2.39 bits per heavy atom. The third-order valence-electron chi connectivity index (χ3n) is 3.21. The van der Waals surface area contributed by atoms with E-state index in [-0.39, 0.29) is 5.78 Å². The topological polar surface area (TPSA) is 47.6 Å². The molecule has 5 heteroatoms. The molecule has 2 rings (SSSR count). The normalized spacial score (nSPS) is 11.0. The summed E-state index contributed by atoms with van der Waals surface area (Å²) in [6.07, 6.45) is 1.53. The number of ketones is 1. The number of rotatable bonds is 6. The van der Waals surface area contributed by atoms with Gasteiger partial charge >= 0.3 is 0 Å². The second kappa shape index (κ2) is 7.70. The van der Waals surface area contributed by atoms with Gasteiger partial charge in [0.25, 0.3) is 0 Å². The Balaban J connectivity index is 2.19. The van der Waals surface area contributed by atoms with Gasteiger partial charge in [-0.15, -0.1) is 0 Å². The Labute approximate surface area is 140 Å². The number of carbonyl (C=O) groups is 1. The summed E-state index contributed by atoms with van der Waals surface area (Å²) in [7, 11) is 3.18. The highest BCUT2D eigenvalue weighted by Crippen LogP contribution is 2.29. The van der Waals surface area contributed by atoms with Crippen LogP contribution in [0.5, 0.6) is 11.5 Å². The van der Waals surface area contributed by atoms with Gasteiger partial charge in [-0.25, -0.2) is 0 Å². The molecule has 2 aromatic rings. The third kappa shape index (κ3) is 4.50. The van der Waals surface area contributed by atoms with Crippen LogP contribution in [0.2, 0.25) is 5.02 Å². The Hall–Kier alpha value is -2.46. The van der Waals surface area contributed by atoms with Crippen LogP contribution in [0.3, 0.4) is 0 Å². The number of hydrogen-bond acceptors (Lipinski definition) is 4. The van der Waals surface area contributed by atoms with Crippen LogP contribution in [0, 0.1) is 0 Å². The second-order valence-corrected chi connectivity index (χ2v) is 5.33. The van der Waals surface area contributed by atoms with E-state index in [1.165, 1.54) is 6.08 Å². The Morgan fingerprint density at radius 2 is 1.78 bits per heavy atom. The second-order valence-electron chi connectivity index (χ2n) is 4.89. The number of carbonyl (C=O) groups excluding carboxylic acids is 1. The molecule has 2 aromatic carbocycles. The van der Waals surface area contributed by atoms with Gasteiger partial charge in [-0.1, -0.05) is 11.6 Å². The first-order valence-electron chi connectivity index (χ1n) is 7.00.